The molecule has 2 heterocycles. The van der Waals surface area contributed by atoms with Crippen LogP contribution in [0.5, 0.6) is 0 Å². The van der Waals surface area contributed by atoms with Crippen LogP contribution in [0.2, 0.25) is 0 Å². The molecule has 1 unspecified atom stereocenters. The number of anilines is 1. The number of carbonyl (C=O) groups is 1. The molecule has 2 aromatic carbocycles. The Morgan fingerprint density at radius 1 is 1.11 bits per heavy atom. The molecule has 1 aliphatic heterocycles. The standard InChI is InChI=1S/C20H20FN3O2S.C9H12F2N2O.C3H8/c21-16-3-7-18(8-4-16)24-20(14-25)19(13-22-24)15-1-5-17(6-2-15)23-9-11-27(26)12-10-23;10-9(11)3-1-2-7(6-9)8(14)13-5-4-12;1-3-2/h1-8,13,25H,9-12,14H2;7H,1-3,5-6H2,(H,13,14);3H2,1-2H3. The maximum absolute atomic E-state index is 13.2. The molecule has 3 aromatic rings. The maximum atomic E-state index is 13.2. The lowest BCUT2D eigenvalue weighted by atomic mass is 9.86. The summed E-state index contributed by atoms with van der Waals surface area (Å²) in [6.45, 7) is 5.57. The lowest BCUT2D eigenvalue weighted by Gasteiger charge is -2.28. The molecule has 8 nitrogen and oxygen atoms in total. The number of aliphatic hydroxyl groups excluding tert-OH is 1. The van der Waals surface area contributed by atoms with E-state index in [1.165, 1.54) is 18.6 Å². The molecule has 0 radical (unpaired) electrons. The van der Waals surface area contributed by atoms with Crippen LogP contribution in [-0.2, 0) is 22.2 Å². The van der Waals surface area contributed by atoms with Gasteiger partial charge in [-0.15, -0.1) is 0 Å². The number of halogens is 3. The Hall–Kier alpha value is -3.69. The van der Waals surface area contributed by atoms with E-state index in [1.807, 2.05) is 24.3 Å². The molecule has 2 N–H and O–H groups in total. The normalized spacial score (nSPS) is 17.8. The predicted octanol–water partition coefficient (Wildman–Crippen LogP) is 5.61. The Labute approximate surface area is 259 Å². The van der Waals surface area contributed by atoms with Crippen LogP contribution in [0.4, 0.5) is 18.9 Å². The monoisotopic (exact) mass is 631 g/mol. The summed E-state index contributed by atoms with van der Waals surface area (Å²) in [5.74, 6) is -2.67. The van der Waals surface area contributed by atoms with Crippen molar-refractivity contribution in [2.24, 2.45) is 5.92 Å². The van der Waals surface area contributed by atoms with E-state index in [9.17, 15) is 27.3 Å². The number of hydrogen-bond acceptors (Lipinski definition) is 6. The van der Waals surface area contributed by atoms with Crippen LogP contribution in [0.1, 0.15) is 51.6 Å². The number of nitrogens with one attached hydrogen (secondary N) is 1. The van der Waals surface area contributed by atoms with Gasteiger partial charge in [-0.1, -0.05) is 32.4 Å². The van der Waals surface area contributed by atoms with Crippen LogP contribution >= 0.6 is 0 Å². The van der Waals surface area contributed by atoms with Crippen molar-refractivity contribution in [1.29, 1.82) is 5.26 Å². The molecule has 1 saturated carbocycles. The smallest absolute Gasteiger partial charge is 0.248 e. The van der Waals surface area contributed by atoms with Crippen molar-refractivity contribution in [1.82, 2.24) is 15.1 Å². The number of benzene rings is 2. The van der Waals surface area contributed by atoms with E-state index in [0.29, 0.717) is 35.7 Å². The molecule has 1 amide bonds. The second kappa shape index (κ2) is 17.0. The fourth-order valence-corrected chi connectivity index (χ4v) is 6.04. The average Bonchev–Trinajstić information content (AvgIpc) is 3.45. The molecule has 2 aliphatic rings. The van der Waals surface area contributed by atoms with Crippen LogP contribution in [0.15, 0.2) is 54.7 Å². The Morgan fingerprint density at radius 2 is 1.73 bits per heavy atom. The SMILES string of the molecule is CCC.N#CCNC(=O)C1CCCC(F)(F)C1.O=S1CCN(c2ccc(-c3cnn(-c4ccc(F)cc4)c3CO)cc2)CC1. The zero-order valence-corrected chi connectivity index (χ0v) is 26.0. The fraction of sp³-hybridized carbons (Fsp3) is 0.469. The van der Waals surface area contributed by atoms with Gasteiger partial charge in [0.2, 0.25) is 11.8 Å². The Bertz CT molecular complexity index is 1400. The van der Waals surface area contributed by atoms with Gasteiger partial charge in [0.15, 0.2) is 0 Å². The highest BCUT2D eigenvalue weighted by Crippen LogP contribution is 2.36. The third-order valence-corrected chi connectivity index (χ3v) is 8.44. The number of nitriles is 1. The molecule has 12 heteroatoms. The van der Waals surface area contributed by atoms with Crippen molar-refractivity contribution in [3.8, 4) is 22.9 Å². The molecule has 0 bridgehead atoms. The van der Waals surface area contributed by atoms with E-state index in [4.69, 9.17) is 5.26 Å². The summed E-state index contributed by atoms with van der Waals surface area (Å²) < 4.78 is 52.1. The first-order valence-corrected chi connectivity index (χ1v) is 16.3. The summed E-state index contributed by atoms with van der Waals surface area (Å²) in [6, 6.07) is 15.8. The average molecular weight is 632 g/mol. The van der Waals surface area contributed by atoms with Crippen molar-refractivity contribution >= 4 is 22.4 Å². The number of carbonyl (C=O) groups excluding carboxylic acids is 1. The first-order valence-electron chi connectivity index (χ1n) is 14.8. The van der Waals surface area contributed by atoms with Gasteiger partial charge >= 0.3 is 0 Å². The van der Waals surface area contributed by atoms with E-state index >= 15 is 0 Å². The van der Waals surface area contributed by atoms with Crippen LogP contribution in [0.25, 0.3) is 16.8 Å². The van der Waals surface area contributed by atoms with Gasteiger partial charge in [0.25, 0.3) is 0 Å². The molecular formula is C32H40F3N5O3S. The zero-order valence-electron chi connectivity index (χ0n) is 25.1. The Balaban J connectivity index is 0.000000262. The van der Waals surface area contributed by atoms with Crippen LogP contribution in [0.3, 0.4) is 0 Å². The highest BCUT2D eigenvalue weighted by atomic mass is 32.2. The molecule has 44 heavy (non-hydrogen) atoms. The summed E-state index contributed by atoms with van der Waals surface area (Å²) in [5.41, 5.74) is 4.25. The van der Waals surface area contributed by atoms with Crippen molar-refractivity contribution in [3.63, 3.8) is 0 Å². The largest absolute Gasteiger partial charge is 0.390 e. The fourth-order valence-electron chi connectivity index (χ4n) is 4.99. The van der Waals surface area contributed by atoms with E-state index in [1.54, 1.807) is 29.1 Å². The number of amides is 1. The maximum Gasteiger partial charge on any atom is 0.248 e. The van der Waals surface area contributed by atoms with Gasteiger partial charge in [0.05, 0.1) is 30.3 Å². The lowest BCUT2D eigenvalue weighted by molar-refractivity contribution is -0.131. The summed E-state index contributed by atoms with van der Waals surface area (Å²) in [4.78, 5) is 13.5. The zero-order chi connectivity index (χ0) is 32.1. The molecular weight excluding hydrogens is 591 g/mol. The molecule has 1 aromatic heterocycles. The number of aliphatic hydroxyl groups is 1. The Morgan fingerprint density at radius 3 is 2.30 bits per heavy atom. The molecule has 238 valence electrons. The Kier molecular flexibility index (Phi) is 13.4. The number of nitrogens with zero attached hydrogens (tertiary/aromatic N) is 4. The second-order valence-corrected chi connectivity index (χ2v) is 12.4. The minimum Gasteiger partial charge on any atom is -0.390 e. The number of aromatic nitrogens is 2. The first kappa shape index (κ1) is 34.8. The minimum atomic E-state index is -2.72. The van der Waals surface area contributed by atoms with Gasteiger partial charge in [-0.05, 0) is 54.8 Å². The van der Waals surface area contributed by atoms with E-state index < -0.39 is 28.5 Å². The van der Waals surface area contributed by atoms with Gasteiger partial charge in [0.1, 0.15) is 12.4 Å². The third-order valence-electron chi connectivity index (χ3n) is 7.16. The van der Waals surface area contributed by atoms with Gasteiger partial charge in [-0.25, -0.2) is 17.9 Å². The third kappa shape index (κ3) is 9.92. The van der Waals surface area contributed by atoms with Crippen molar-refractivity contribution in [2.45, 2.75) is 58.5 Å². The van der Waals surface area contributed by atoms with Crippen LogP contribution in [0, 0.1) is 23.1 Å². The highest BCUT2D eigenvalue weighted by molar-refractivity contribution is 7.85. The summed E-state index contributed by atoms with van der Waals surface area (Å²) in [7, 11) is -0.694. The molecule has 1 saturated heterocycles. The van der Waals surface area contributed by atoms with E-state index in [-0.39, 0.29) is 31.8 Å². The van der Waals surface area contributed by atoms with Crippen LogP contribution < -0.4 is 10.2 Å². The molecule has 1 aliphatic carbocycles. The topological polar surface area (TPSA) is 111 Å². The number of rotatable bonds is 6. The summed E-state index contributed by atoms with van der Waals surface area (Å²) in [5, 5.41) is 24.8. The predicted molar refractivity (Wildman–Crippen MR) is 166 cm³/mol. The minimum absolute atomic E-state index is 0.110. The lowest BCUT2D eigenvalue weighted by Crippen LogP contribution is -2.37. The quantitative estimate of drug-likeness (QED) is 0.343. The van der Waals surface area contributed by atoms with Gasteiger partial charge in [0, 0.05) is 65.4 Å². The number of alkyl halides is 2. The van der Waals surface area contributed by atoms with Gasteiger partial charge in [-0.3, -0.25) is 9.00 Å². The van der Waals surface area contributed by atoms with Gasteiger partial charge < -0.3 is 15.3 Å². The first-order chi connectivity index (χ1) is 21.1. The molecule has 1 atom stereocenters. The van der Waals surface area contributed by atoms with Crippen molar-refractivity contribution in [3.05, 3.63) is 66.2 Å². The highest BCUT2D eigenvalue weighted by Gasteiger charge is 2.38. The summed E-state index contributed by atoms with van der Waals surface area (Å²) >= 11 is 0. The summed E-state index contributed by atoms with van der Waals surface area (Å²) in [6.07, 6.45) is 3.32. The second-order valence-electron chi connectivity index (χ2n) is 10.7. The van der Waals surface area contributed by atoms with E-state index in [0.717, 1.165) is 29.9 Å². The molecule has 5 rings (SSSR count). The molecule has 0 spiro atoms. The van der Waals surface area contributed by atoms with Crippen molar-refractivity contribution < 1.29 is 27.3 Å². The number of hydrogen-bond donors (Lipinski definition) is 2. The van der Waals surface area contributed by atoms with Crippen molar-refractivity contribution in [2.75, 3.05) is 36.0 Å². The molecule has 2 fully saturated rings. The van der Waals surface area contributed by atoms with Gasteiger partial charge in [-0.2, -0.15) is 10.4 Å². The van der Waals surface area contributed by atoms with Crippen LogP contribution in [-0.4, -0.2) is 62.1 Å². The van der Waals surface area contributed by atoms with E-state index in [2.05, 4.69) is 29.2 Å².